The lowest BCUT2D eigenvalue weighted by Crippen LogP contribution is -2.14. The Labute approximate surface area is 79.1 Å². The van der Waals surface area contributed by atoms with Crippen molar-refractivity contribution in [2.24, 2.45) is 0 Å². The second-order valence-corrected chi connectivity index (χ2v) is 3.47. The smallest absolute Gasteiger partial charge is 0.126 e. The van der Waals surface area contributed by atoms with Crippen LogP contribution in [0.3, 0.4) is 0 Å². The average molecular weight is 178 g/mol. The molecule has 0 aliphatic rings. The summed E-state index contributed by atoms with van der Waals surface area (Å²) in [5, 5.41) is 0. The van der Waals surface area contributed by atoms with Crippen molar-refractivity contribution in [1.82, 2.24) is 0 Å². The fourth-order valence-electron chi connectivity index (χ4n) is 1.14. The van der Waals surface area contributed by atoms with Crippen molar-refractivity contribution < 1.29 is 4.39 Å². The van der Waals surface area contributed by atoms with E-state index in [-0.39, 0.29) is 0 Å². The van der Waals surface area contributed by atoms with Crippen molar-refractivity contribution in [3.05, 3.63) is 48.6 Å². The van der Waals surface area contributed by atoms with Crippen molar-refractivity contribution in [3.63, 3.8) is 0 Å². The summed E-state index contributed by atoms with van der Waals surface area (Å²) in [6.07, 6.45) is 2.64. The summed E-state index contributed by atoms with van der Waals surface area (Å²) in [5.41, 5.74) is -0.0660. The Morgan fingerprint density at radius 1 is 1.38 bits per heavy atom. The number of halogens is 1. The number of alkyl halides is 1. The first kappa shape index (κ1) is 9.97. The molecule has 0 radical (unpaired) electrons. The Hall–Kier alpha value is -1.11. The topological polar surface area (TPSA) is 0 Å². The zero-order valence-corrected chi connectivity index (χ0v) is 7.96. The number of hydrogen-bond donors (Lipinski definition) is 0. The van der Waals surface area contributed by atoms with E-state index in [0.717, 1.165) is 6.42 Å². The van der Waals surface area contributed by atoms with Gasteiger partial charge in [-0.2, -0.15) is 0 Å². The zero-order valence-electron chi connectivity index (χ0n) is 7.96. The SMILES string of the molecule is C=CC(C)(F)CCc1ccccc1. The molecule has 1 aromatic rings. The Kier molecular flexibility index (Phi) is 3.24. The van der Waals surface area contributed by atoms with Crippen molar-refractivity contribution in [1.29, 1.82) is 0 Å². The molecular weight excluding hydrogens is 163 g/mol. The summed E-state index contributed by atoms with van der Waals surface area (Å²) in [5.74, 6) is 0. The van der Waals surface area contributed by atoms with Gasteiger partial charge < -0.3 is 0 Å². The van der Waals surface area contributed by atoms with Gasteiger partial charge in [-0.15, -0.1) is 0 Å². The Morgan fingerprint density at radius 3 is 2.54 bits per heavy atom. The fourth-order valence-corrected chi connectivity index (χ4v) is 1.14. The van der Waals surface area contributed by atoms with Crippen molar-refractivity contribution in [2.45, 2.75) is 25.4 Å². The predicted molar refractivity (Wildman–Crippen MR) is 54.5 cm³/mol. The summed E-state index contributed by atoms with van der Waals surface area (Å²) in [6, 6.07) is 9.93. The van der Waals surface area contributed by atoms with E-state index in [4.69, 9.17) is 0 Å². The van der Waals surface area contributed by atoms with Gasteiger partial charge in [0, 0.05) is 0 Å². The first-order valence-electron chi connectivity index (χ1n) is 4.50. The third-order valence-electron chi connectivity index (χ3n) is 2.17. The third kappa shape index (κ3) is 3.41. The summed E-state index contributed by atoms with van der Waals surface area (Å²) < 4.78 is 13.4. The molecule has 0 saturated heterocycles. The molecule has 0 fully saturated rings. The second-order valence-electron chi connectivity index (χ2n) is 3.47. The molecule has 1 aromatic carbocycles. The molecule has 0 heterocycles. The van der Waals surface area contributed by atoms with Gasteiger partial charge in [-0.25, -0.2) is 4.39 Å². The molecule has 0 saturated carbocycles. The van der Waals surface area contributed by atoms with Gasteiger partial charge in [0.2, 0.25) is 0 Å². The molecule has 0 spiro atoms. The molecule has 0 aromatic heterocycles. The van der Waals surface area contributed by atoms with Gasteiger partial charge in [0.15, 0.2) is 0 Å². The molecule has 13 heavy (non-hydrogen) atoms. The number of aryl methyl sites for hydroxylation is 1. The molecule has 0 bridgehead atoms. The van der Waals surface area contributed by atoms with Gasteiger partial charge >= 0.3 is 0 Å². The molecule has 0 aliphatic carbocycles. The highest BCUT2D eigenvalue weighted by Crippen LogP contribution is 2.19. The van der Waals surface area contributed by atoms with Gasteiger partial charge in [0.1, 0.15) is 5.67 Å². The highest BCUT2D eigenvalue weighted by atomic mass is 19.1. The van der Waals surface area contributed by atoms with Crippen molar-refractivity contribution in [2.75, 3.05) is 0 Å². The maximum Gasteiger partial charge on any atom is 0.126 e. The second kappa shape index (κ2) is 4.22. The van der Waals surface area contributed by atoms with Gasteiger partial charge in [0.25, 0.3) is 0 Å². The molecule has 1 rings (SSSR count). The van der Waals surface area contributed by atoms with E-state index in [0.29, 0.717) is 6.42 Å². The van der Waals surface area contributed by atoms with E-state index in [1.54, 1.807) is 6.92 Å². The minimum absolute atomic E-state index is 0.501. The van der Waals surface area contributed by atoms with Crippen LogP contribution >= 0.6 is 0 Å². The average Bonchev–Trinajstić information content (AvgIpc) is 2.17. The zero-order chi connectivity index (χ0) is 9.73. The Bertz CT molecular complexity index is 262. The Balaban J connectivity index is 2.48. The molecule has 0 aliphatic heterocycles. The molecule has 70 valence electrons. The van der Waals surface area contributed by atoms with Crippen LogP contribution in [-0.2, 0) is 6.42 Å². The molecule has 1 heteroatoms. The number of rotatable bonds is 4. The van der Waals surface area contributed by atoms with Crippen LogP contribution in [0.25, 0.3) is 0 Å². The molecule has 0 N–H and O–H groups in total. The van der Waals surface area contributed by atoms with E-state index in [1.165, 1.54) is 11.6 Å². The van der Waals surface area contributed by atoms with Crippen LogP contribution in [0.2, 0.25) is 0 Å². The number of benzene rings is 1. The molecule has 0 nitrogen and oxygen atoms in total. The van der Waals surface area contributed by atoms with Crippen LogP contribution in [0, 0.1) is 0 Å². The van der Waals surface area contributed by atoms with E-state index in [2.05, 4.69) is 6.58 Å². The standard InChI is InChI=1S/C12H15F/c1-3-12(2,13)10-9-11-7-5-4-6-8-11/h3-8H,1,9-10H2,2H3. The third-order valence-corrected chi connectivity index (χ3v) is 2.17. The molecule has 0 amide bonds. The fraction of sp³-hybridized carbons (Fsp3) is 0.333. The maximum absolute atomic E-state index is 13.4. The van der Waals surface area contributed by atoms with Crippen LogP contribution in [0.1, 0.15) is 18.9 Å². The van der Waals surface area contributed by atoms with Crippen LogP contribution in [0.4, 0.5) is 4.39 Å². The number of allylic oxidation sites excluding steroid dienone is 1. The van der Waals surface area contributed by atoms with Crippen molar-refractivity contribution in [3.8, 4) is 0 Å². The monoisotopic (exact) mass is 178 g/mol. The summed E-state index contributed by atoms with van der Waals surface area (Å²) >= 11 is 0. The lowest BCUT2D eigenvalue weighted by atomic mass is 9.99. The van der Waals surface area contributed by atoms with Crippen LogP contribution in [-0.4, -0.2) is 5.67 Å². The van der Waals surface area contributed by atoms with Crippen LogP contribution in [0.5, 0.6) is 0 Å². The minimum Gasteiger partial charge on any atom is -0.240 e. The van der Waals surface area contributed by atoms with Gasteiger partial charge in [0.05, 0.1) is 0 Å². The lowest BCUT2D eigenvalue weighted by Gasteiger charge is -2.14. The maximum atomic E-state index is 13.4. The first-order valence-corrected chi connectivity index (χ1v) is 4.50. The van der Waals surface area contributed by atoms with E-state index < -0.39 is 5.67 Å². The molecule has 1 unspecified atom stereocenters. The van der Waals surface area contributed by atoms with E-state index in [1.807, 2.05) is 30.3 Å². The molecular formula is C12H15F. The van der Waals surface area contributed by atoms with Gasteiger partial charge in [-0.3, -0.25) is 0 Å². The summed E-state index contributed by atoms with van der Waals surface area (Å²) in [7, 11) is 0. The quantitative estimate of drug-likeness (QED) is 0.619. The van der Waals surface area contributed by atoms with Gasteiger partial charge in [-0.05, 0) is 25.3 Å². The highest BCUT2D eigenvalue weighted by Gasteiger charge is 2.17. The van der Waals surface area contributed by atoms with E-state index in [9.17, 15) is 4.39 Å². The predicted octanol–water partition coefficient (Wildman–Crippen LogP) is 3.53. The lowest BCUT2D eigenvalue weighted by molar-refractivity contribution is 0.241. The summed E-state index contributed by atoms with van der Waals surface area (Å²) in [6.45, 7) is 5.03. The first-order chi connectivity index (χ1) is 6.14. The van der Waals surface area contributed by atoms with Crippen molar-refractivity contribution >= 4 is 0 Å². The minimum atomic E-state index is -1.24. The normalized spacial score (nSPS) is 14.9. The Morgan fingerprint density at radius 2 is 2.00 bits per heavy atom. The van der Waals surface area contributed by atoms with Gasteiger partial charge in [-0.1, -0.05) is 43.0 Å². The number of hydrogen-bond acceptors (Lipinski definition) is 0. The largest absolute Gasteiger partial charge is 0.240 e. The summed E-state index contributed by atoms with van der Waals surface area (Å²) in [4.78, 5) is 0. The van der Waals surface area contributed by atoms with Crippen LogP contribution in [0.15, 0.2) is 43.0 Å². The highest BCUT2D eigenvalue weighted by molar-refractivity contribution is 5.15. The van der Waals surface area contributed by atoms with Crippen LogP contribution < -0.4 is 0 Å². The molecule has 1 atom stereocenters. The van der Waals surface area contributed by atoms with E-state index >= 15 is 0 Å².